The summed E-state index contributed by atoms with van der Waals surface area (Å²) in [6.45, 7) is 4.26. The van der Waals surface area contributed by atoms with E-state index in [1.165, 1.54) is 18.9 Å². The molecule has 6 nitrogen and oxygen atoms in total. The number of carbonyl (C=O) groups excluding carboxylic acids is 2. The molecule has 8 heteroatoms. The van der Waals surface area contributed by atoms with Gasteiger partial charge >= 0.3 is 5.97 Å². The van der Waals surface area contributed by atoms with Crippen LogP contribution in [0.15, 0.2) is 23.1 Å². The first-order chi connectivity index (χ1) is 12.0. The van der Waals surface area contributed by atoms with Gasteiger partial charge in [-0.05, 0) is 37.6 Å². The Bertz CT molecular complexity index is 717. The van der Waals surface area contributed by atoms with Gasteiger partial charge in [0.15, 0.2) is 18.1 Å². The van der Waals surface area contributed by atoms with E-state index in [4.69, 9.17) is 26.4 Å². The maximum absolute atomic E-state index is 12.3. The van der Waals surface area contributed by atoms with Crippen molar-refractivity contribution < 1.29 is 23.8 Å². The van der Waals surface area contributed by atoms with Gasteiger partial charge in [0.05, 0.1) is 18.6 Å². The Morgan fingerprint density at radius 3 is 2.68 bits per heavy atom. The van der Waals surface area contributed by atoms with Crippen LogP contribution < -0.4 is 9.47 Å². The smallest absolute Gasteiger partial charge is 0.344 e. The van der Waals surface area contributed by atoms with Crippen molar-refractivity contribution in [2.75, 3.05) is 26.9 Å². The maximum atomic E-state index is 12.3. The van der Waals surface area contributed by atoms with Gasteiger partial charge in [-0.2, -0.15) is 0 Å². The van der Waals surface area contributed by atoms with E-state index in [2.05, 4.69) is 0 Å². The number of esters is 1. The molecule has 1 aliphatic heterocycles. The lowest BCUT2D eigenvalue weighted by Gasteiger charge is -2.11. The first kappa shape index (κ1) is 19.3. The van der Waals surface area contributed by atoms with E-state index in [9.17, 15) is 9.59 Å². The highest BCUT2D eigenvalue weighted by Crippen LogP contribution is 2.34. The van der Waals surface area contributed by atoms with E-state index in [0.717, 1.165) is 5.56 Å². The highest BCUT2D eigenvalue weighted by atomic mass is 32.2. The Hall–Kier alpha value is -2.06. The molecule has 0 unspecified atom stereocenters. The van der Waals surface area contributed by atoms with Gasteiger partial charge in [0.25, 0.3) is 5.91 Å². The zero-order valence-electron chi connectivity index (χ0n) is 14.2. The zero-order valence-corrected chi connectivity index (χ0v) is 15.9. The molecule has 1 saturated heterocycles. The van der Waals surface area contributed by atoms with Crippen molar-refractivity contribution in [3.05, 3.63) is 28.7 Å². The summed E-state index contributed by atoms with van der Waals surface area (Å²) in [5, 5.41) is 0. The number of nitrogens with zero attached hydrogens (tertiary/aromatic N) is 1. The summed E-state index contributed by atoms with van der Waals surface area (Å²) in [4.78, 5) is 25.8. The summed E-state index contributed by atoms with van der Waals surface area (Å²) in [5.74, 6) is 0.341. The van der Waals surface area contributed by atoms with Gasteiger partial charge in [-0.1, -0.05) is 30.0 Å². The highest BCUT2D eigenvalue weighted by Gasteiger charge is 2.30. The van der Waals surface area contributed by atoms with Crippen LogP contribution in [0.5, 0.6) is 11.5 Å². The van der Waals surface area contributed by atoms with Crippen LogP contribution in [0.3, 0.4) is 0 Å². The van der Waals surface area contributed by atoms with Crippen LogP contribution in [0.25, 0.3) is 6.08 Å². The fourth-order valence-corrected chi connectivity index (χ4v) is 3.54. The number of hydrogen-bond donors (Lipinski definition) is 0. The molecule has 1 fully saturated rings. The number of thiocarbonyl (C=S) groups is 1. The summed E-state index contributed by atoms with van der Waals surface area (Å²) in [6.07, 6.45) is 1.76. The summed E-state index contributed by atoms with van der Waals surface area (Å²) in [7, 11) is 1.51. The lowest BCUT2D eigenvalue weighted by Crippen LogP contribution is -2.27. The normalized spacial score (nSPS) is 15.6. The van der Waals surface area contributed by atoms with Gasteiger partial charge in [0, 0.05) is 6.54 Å². The number of amides is 1. The van der Waals surface area contributed by atoms with Crippen molar-refractivity contribution in [3.63, 3.8) is 0 Å². The predicted octanol–water partition coefficient (Wildman–Crippen LogP) is 2.86. The summed E-state index contributed by atoms with van der Waals surface area (Å²) in [6, 6.07) is 5.20. The quantitative estimate of drug-likeness (QED) is 0.409. The largest absolute Gasteiger partial charge is 0.493 e. The third-order valence-electron chi connectivity index (χ3n) is 3.33. The molecular weight excluding hydrogens is 362 g/mol. The number of rotatable bonds is 7. The molecule has 1 aromatic carbocycles. The number of likely N-dealkylation sites (N-methyl/N-ethyl adjacent to an activating group) is 1. The minimum absolute atomic E-state index is 0.0981. The van der Waals surface area contributed by atoms with Crippen LogP contribution in [0.1, 0.15) is 19.4 Å². The van der Waals surface area contributed by atoms with Crippen LogP contribution in [0.4, 0.5) is 0 Å². The Morgan fingerprint density at radius 2 is 2.08 bits per heavy atom. The third-order valence-corrected chi connectivity index (χ3v) is 4.70. The Balaban J connectivity index is 2.16. The Labute approximate surface area is 156 Å². The second kappa shape index (κ2) is 8.87. The number of hydrogen-bond acceptors (Lipinski definition) is 7. The first-order valence-electron chi connectivity index (χ1n) is 7.72. The molecule has 1 amide bonds. The molecule has 25 heavy (non-hydrogen) atoms. The first-order valence-corrected chi connectivity index (χ1v) is 8.94. The molecule has 1 aromatic rings. The zero-order chi connectivity index (χ0) is 18.4. The lowest BCUT2D eigenvalue weighted by molar-refractivity contribution is -0.145. The molecule has 0 radical (unpaired) electrons. The lowest BCUT2D eigenvalue weighted by atomic mass is 10.2. The molecule has 0 atom stereocenters. The molecule has 0 spiro atoms. The maximum Gasteiger partial charge on any atom is 0.344 e. The highest BCUT2D eigenvalue weighted by molar-refractivity contribution is 8.26. The van der Waals surface area contributed by atoms with Crippen molar-refractivity contribution in [3.8, 4) is 11.5 Å². The van der Waals surface area contributed by atoms with E-state index in [1.807, 2.05) is 6.92 Å². The van der Waals surface area contributed by atoms with E-state index >= 15 is 0 Å². The predicted molar refractivity (Wildman–Crippen MR) is 101 cm³/mol. The van der Waals surface area contributed by atoms with Gasteiger partial charge in [-0.3, -0.25) is 9.69 Å². The second-order valence-electron chi connectivity index (χ2n) is 4.93. The number of ether oxygens (including phenoxy) is 3. The van der Waals surface area contributed by atoms with Crippen molar-refractivity contribution in [2.45, 2.75) is 13.8 Å². The van der Waals surface area contributed by atoms with Crippen molar-refractivity contribution >= 4 is 46.3 Å². The monoisotopic (exact) mass is 381 g/mol. The molecular formula is C17H19NO5S2. The number of carbonyl (C=O) groups is 2. The van der Waals surface area contributed by atoms with Crippen LogP contribution in [0.2, 0.25) is 0 Å². The van der Waals surface area contributed by atoms with E-state index in [0.29, 0.717) is 33.9 Å². The summed E-state index contributed by atoms with van der Waals surface area (Å²) in [5.41, 5.74) is 0.775. The van der Waals surface area contributed by atoms with Gasteiger partial charge in [0.1, 0.15) is 4.32 Å². The van der Waals surface area contributed by atoms with Gasteiger partial charge in [-0.15, -0.1) is 0 Å². The van der Waals surface area contributed by atoms with Gasteiger partial charge in [0.2, 0.25) is 0 Å². The van der Waals surface area contributed by atoms with Crippen LogP contribution in [-0.4, -0.2) is 48.0 Å². The molecule has 1 aliphatic rings. The molecule has 2 rings (SSSR count). The SMILES string of the molecule is CCOC(=O)COc1ccc(/C=C2\SC(=S)N(CC)C2=O)cc1OC. The molecule has 0 saturated carbocycles. The number of thioether (sulfide) groups is 1. The minimum Gasteiger partial charge on any atom is -0.493 e. The van der Waals surface area contributed by atoms with Crippen LogP contribution >= 0.6 is 24.0 Å². The Kier molecular flexibility index (Phi) is 6.83. The Morgan fingerprint density at radius 1 is 1.32 bits per heavy atom. The van der Waals surface area contributed by atoms with Crippen LogP contribution in [0, 0.1) is 0 Å². The van der Waals surface area contributed by atoms with Crippen molar-refractivity contribution in [2.24, 2.45) is 0 Å². The molecule has 0 bridgehead atoms. The molecule has 134 valence electrons. The standard InChI is InChI=1S/C17H19NO5S2/c1-4-18-16(20)14(25-17(18)24)9-11-6-7-12(13(8-11)21-3)23-10-15(19)22-5-2/h6-9H,4-5,10H2,1-3H3/b14-9-. The summed E-state index contributed by atoms with van der Waals surface area (Å²) >= 11 is 6.47. The van der Waals surface area contributed by atoms with E-state index in [-0.39, 0.29) is 12.5 Å². The van der Waals surface area contributed by atoms with E-state index < -0.39 is 5.97 Å². The number of benzene rings is 1. The minimum atomic E-state index is -0.447. The van der Waals surface area contributed by atoms with Crippen molar-refractivity contribution in [1.29, 1.82) is 0 Å². The average Bonchev–Trinajstić information content (AvgIpc) is 2.86. The van der Waals surface area contributed by atoms with Crippen LogP contribution in [-0.2, 0) is 14.3 Å². The van der Waals surface area contributed by atoms with Gasteiger partial charge < -0.3 is 14.2 Å². The fourth-order valence-electron chi connectivity index (χ4n) is 2.16. The molecule has 0 N–H and O–H groups in total. The van der Waals surface area contributed by atoms with Crippen molar-refractivity contribution in [1.82, 2.24) is 4.90 Å². The third kappa shape index (κ3) is 4.73. The number of methoxy groups -OCH3 is 1. The summed E-state index contributed by atoms with van der Waals surface area (Å²) < 4.78 is 16.1. The molecule has 1 heterocycles. The fraction of sp³-hybridized carbons (Fsp3) is 0.353. The topological polar surface area (TPSA) is 65.1 Å². The second-order valence-corrected chi connectivity index (χ2v) is 6.61. The van der Waals surface area contributed by atoms with E-state index in [1.54, 1.807) is 36.1 Å². The molecule has 0 aliphatic carbocycles. The average molecular weight is 381 g/mol. The molecule has 0 aromatic heterocycles. The van der Waals surface area contributed by atoms with Gasteiger partial charge in [-0.25, -0.2) is 4.79 Å².